The first-order valence-corrected chi connectivity index (χ1v) is 9.78. The van der Waals surface area contributed by atoms with Gasteiger partial charge in [0.2, 0.25) is 10.0 Å². The van der Waals surface area contributed by atoms with Crippen molar-refractivity contribution >= 4 is 38.6 Å². The lowest BCUT2D eigenvalue weighted by atomic mass is 10.3. The maximum atomic E-state index is 12.4. The third-order valence-electron chi connectivity index (χ3n) is 2.87. The van der Waals surface area contributed by atoms with E-state index in [0.29, 0.717) is 0 Å². The predicted octanol–water partition coefficient (Wildman–Crippen LogP) is 1.37. The topological polar surface area (TPSA) is 101 Å². The lowest BCUT2D eigenvalue weighted by Crippen LogP contribution is -2.38. The van der Waals surface area contributed by atoms with Crippen LogP contribution in [0.2, 0.25) is 0 Å². The van der Waals surface area contributed by atoms with Gasteiger partial charge in [0.15, 0.2) is 0 Å². The number of amides is 1. The van der Waals surface area contributed by atoms with E-state index in [1.165, 1.54) is 17.4 Å². The Kier molecular flexibility index (Phi) is 5.70. The van der Waals surface area contributed by atoms with Crippen molar-refractivity contribution in [2.45, 2.75) is 24.4 Å². The van der Waals surface area contributed by atoms with Crippen LogP contribution in [0, 0.1) is 0 Å². The van der Waals surface area contributed by atoms with Crippen molar-refractivity contribution in [3.8, 4) is 0 Å². The van der Waals surface area contributed by atoms with E-state index in [-0.39, 0.29) is 28.9 Å². The molecule has 2 rings (SSSR count). The van der Waals surface area contributed by atoms with Gasteiger partial charge in [-0.25, -0.2) is 13.1 Å². The van der Waals surface area contributed by atoms with Crippen LogP contribution in [0.25, 0.3) is 0 Å². The lowest BCUT2D eigenvalue weighted by molar-refractivity contribution is 0.0942. The van der Waals surface area contributed by atoms with Gasteiger partial charge < -0.3 is 11.1 Å². The van der Waals surface area contributed by atoms with Gasteiger partial charge >= 0.3 is 0 Å². The van der Waals surface area contributed by atoms with Gasteiger partial charge in [0.25, 0.3) is 5.91 Å². The average molecular weight is 359 g/mol. The van der Waals surface area contributed by atoms with E-state index in [4.69, 9.17) is 5.73 Å². The van der Waals surface area contributed by atoms with Crippen LogP contribution >= 0.6 is 22.7 Å². The Balaban J connectivity index is 2.14. The number of nitrogens with two attached hydrogens (primary N) is 1. The molecule has 0 unspecified atom stereocenters. The molecule has 0 aliphatic rings. The third-order valence-corrected chi connectivity index (χ3v) is 6.23. The van der Waals surface area contributed by atoms with Crippen molar-refractivity contribution in [1.82, 2.24) is 10.0 Å². The fourth-order valence-corrected chi connectivity index (χ4v) is 4.75. The maximum absolute atomic E-state index is 12.4. The van der Waals surface area contributed by atoms with Gasteiger partial charge in [-0.15, -0.1) is 22.7 Å². The second-order valence-electron chi connectivity index (χ2n) is 4.63. The van der Waals surface area contributed by atoms with E-state index >= 15 is 0 Å². The normalized spacial score (nSPS) is 13.0. The molecule has 0 aliphatic heterocycles. The molecule has 0 spiro atoms. The number of rotatable bonds is 7. The largest absolute Gasteiger partial charge is 0.348 e. The molecule has 1 amide bonds. The fraction of sp³-hybridized carbons (Fsp3) is 0.308. The highest BCUT2D eigenvalue weighted by molar-refractivity contribution is 7.89. The van der Waals surface area contributed by atoms with Crippen molar-refractivity contribution < 1.29 is 13.2 Å². The molecule has 4 N–H and O–H groups in total. The molecular formula is C13H17N3O3S3. The predicted molar refractivity (Wildman–Crippen MR) is 88.6 cm³/mol. The van der Waals surface area contributed by atoms with Crippen molar-refractivity contribution in [1.29, 1.82) is 0 Å². The Morgan fingerprint density at radius 2 is 2.09 bits per heavy atom. The van der Waals surface area contributed by atoms with E-state index in [1.807, 2.05) is 17.5 Å². The highest BCUT2D eigenvalue weighted by atomic mass is 32.2. The van der Waals surface area contributed by atoms with Crippen molar-refractivity contribution in [3.63, 3.8) is 0 Å². The third kappa shape index (κ3) is 4.14. The Hall–Kier alpha value is -1.26. The molecule has 0 saturated carbocycles. The molecule has 0 fully saturated rings. The van der Waals surface area contributed by atoms with Gasteiger partial charge in [-0.1, -0.05) is 6.07 Å². The van der Waals surface area contributed by atoms with Crippen molar-refractivity contribution in [2.24, 2.45) is 5.73 Å². The summed E-state index contributed by atoms with van der Waals surface area (Å²) in [6, 6.07) is 4.91. The molecular weight excluding hydrogens is 342 g/mol. The summed E-state index contributed by atoms with van der Waals surface area (Å²) in [5.41, 5.74) is 5.46. The maximum Gasteiger partial charge on any atom is 0.263 e. The molecule has 9 heteroatoms. The minimum absolute atomic E-state index is 0.00391. The lowest BCUT2D eigenvalue weighted by Gasteiger charge is -2.11. The molecule has 0 aliphatic carbocycles. The molecule has 6 nitrogen and oxygen atoms in total. The zero-order chi connectivity index (χ0) is 16.2. The molecule has 2 aromatic heterocycles. The molecule has 0 bridgehead atoms. The molecule has 0 saturated heterocycles. The van der Waals surface area contributed by atoms with E-state index in [9.17, 15) is 13.2 Å². The molecule has 0 aromatic carbocycles. The van der Waals surface area contributed by atoms with Gasteiger partial charge in [-0.2, -0.15) is 0 Å². The quantitative estimate of drug-likeness (QED) is 0.695. The van der Waals surface area contributed by atoms with Crippen LogP contribution in [0.4, 0.5) is 0 Å². The molecule has 0 radical (unpaired) electrons. The van der Waals surface area contributed by atoms with Crippen molar-refractivity contribution in [3.05, 3.63) is 38.7 Å². The zero-order valence-corrected chi connectivity index (χ0v) is 14.4. The van der Waals surface area contributed by atoms with E-state index in [2.05, 4.69) is 10.0 Å². The van der Waals surface area contributed by atoms with Gasteiger partial charge in [0.1, 0.15) is 9.77 Å². The first kappa shape index (κ1) is 17.1. The van der Waals surface area contributed by atoms with Crippen LogP contribution in [-0.4, -0.2) is 26.9 Å². The summed E-state index contributed by atoms with van der Waals surface area (Å²) in [5.74, 6) is -0.426. The number of nitrogens with one attached hydrogen (secondary N) is 2. The molecule has 2 heterocycles. The van der Waals surface area contributed by atoms with E-state index < -0.39 is 15.9 Å². The van der Waals surface area contributed by atoms with E-state index in [0.717, 1.165) is 16.2 Å². The summed E-state index contributed by atoms with van der Waals surface area (Å²) in [5, 5.41) is 6.13. The summed E-state index contributed by atoms with van der Waals surface area (Å²) in [4.78, 5) is 13.2. The molecule has 22 heavy (non-hydrogen) atoms. The van der Waals surface area contributed by atoms with Crippen LogP contribution in [-0.2, 0) is 16.6 Å². The zero-order valence-electron chi connectivity index (χ0n) is 11.9. The summed E-state index contributed by atoms with van der Waals surface area (Å²) >= 11 is 2.56. The smallest absolute Gasteiger partial charge is 0.263 e. The average Bonchev–Trinajstić information content (AvgIpc) is 3.16. The van der Waals surface area contributed by atoms with Gasteiger partial charge in [-0.05, 0) is 29.8 Å². The number of hydrogen-bond donors (Lipinski definition) is 3. The summed E-state index contributed by atoms with van der Waals surface area (Å²) < 4.78 is 27.2. The van der Waals surface area contributed by atoms with Gasteiger partial charge in [0, 0.05) is 24.0 Å². The second-order valence-corrected chi connectivity index (χ2v) is 8.31. The highest BCUT2D eigenvalue weighted by Crippen LogP contribution is 2.22. The Bertz CT molecular complexity index is 723. The fourth-order valence-electron chi connectivity index (χ4n) is 1.68. The van der Waals surface area contributed by atoms with Crippen LogP contribution in [0.3, 0.4) is 0 Å². The number of carbonyl (C=O) groups is 1. The first-order valence-electron chi connectivity index (χ1n) is 6.54. The second kappa shape index (κ2) is 7.34. The van der Waals surface area contributed by atoms with Gasteiger partial charge in [0.05, 0.1) is 0 Å². The number of sulfonamides is 1. The Morgan fingerprint density at radius 3 is 2.73 bits per heavy atom. The Labute approximate surface area is 137 Å². The first-order chi connectivity index (χ1) is 10.4. The van der Waals surface area contributed by atoms with Gasteiger partial charge in [-0.3, -0.25) is 4.79 Å². The van der Waals surface area contributed by atoms with Crippen LogP contribution in [0.5, 0.6) is 0 Å². The SMILES string of the molecule is C[C@@H](CN)NC(=O)c1sccc1S(=O)(=O)NCc1cccs1. The van der Waals surface area contributed by atoms with Crippen molar-refractivity contribution in [2.75, 3.05) is 6.54 Å². The molecule has 2 aromatic rings. The van der Waals surface area contributed by atoms with Crippen LogP contribution < -0.4 is 15.8 Å². The van der Waals surface area contributed by atoms with E-state index in [1.54, 1.807) is 12.3 Å². The summed E-state index contributed by atoms with van der Waals surface area (Å²) in [6.45, 7) is 2.25. The number of carbonyl (C=O) groups excluding carboxylic acids is 1. The highest BCUT2D eigenvalue weighted by Gasteiger charge is 2.24. The Morgan fingerprint density at radius 1 is 1.32 bits per heavy atom. The van der Waals surface area contributed by atoms with Crippen LogP contribution in [0.1, 0.15) is 21.5 Å². The standard InChI is InChI=1S/C13H17N3O3S3/c1-9(7-14)16-13(17)12-11(4-6-21-12)22(18,19)15-8-10-3-2-5-20-10/h2-6,9,15H,7-8,14H2,1H3,(H,16,17)/t9-/m0/s1. The minimum atomic E-state index is -3.74. The number of hydrogen-bond acceptors (Lipinski definition) is 6. The summed E-state index contributed by atoms with van der Waals surface area (Å²) in [7, 11) is -3.74. The monoisotopic (exact) mass is 359 g/mol. The number of thiophene rings is 2. The van der Waals surface area contributed by atoms with Crippen LogP contribution in [0.15, 0.2) is 33.9 Å². The molecule has 1 atom stereocenters. The minimum Gasteiger partial charge on any atom is -0.348 e. The summed E-state index contributed by atoms with van der Waals surface area (Å²) in [6.07, 6.45) is 0. The molecule has 120 valence electrons.